The van der Waals surface area contributed by atoms with E-state index < -0.39 is 0 Å². The number of aryl methyl sites for hydroxylation is 1. The van der Waals surface area contributed by atoms with Gasteiger partial charge in [-0.15, -0.1) is 11.3 Å². The standard InChI is InChI=1S/C35H32BrNO3S/c1-23-20-27(12-17-31(23)36)34(38)33-30-16-15-29(39-22-25-8-4-3-5-9-25)21-32(30)41-35(33)26-10-13-28(14-11-26)40-24(2)37-18-6-7-19-37/h3-5,8-17,20-21,24H,6-7,18-19,22H2,1-2H3. The first-order valence-corrected chi connectivity index (χ1v) is 15.6. The third-order valence-electron chi connectivity index (χ3n) is 7.64. The second-order valence-electron chi connectivity index (χ2n) is 10.5. The molecule has 2 heterocycles. The number of thiophene rings is 1. The number of benzene rings is 4. The maximum atomic E-state index is 14.1. The third-order valence-corrected chi connectivity index (χ3v) is 9.73. The third kappa shape index (κ3) is 6.10. The van der Waals surface area contributed by atoms with Crippen molar-refractivity contribution >= 4 is 43.1 Å². The maximum Gasteiger partial charge on any atom is 0.195 e. The highest BCUT2D eigenvalue weighted by atomic mass is 79.9. The minimum Gasteiger partial charge on any atom is -0.489 e. The fourth-order valence-corrected chi connectivity index (χ4v) is 6.81. The molecule has 0 bridgehead atoms. The van der Waals surface area contributed by atoms with E-state index in [1.165, 1.54) is 12.8 Å². The zero-order valence-corrected chi connectivity index (χ0v) is 25.6. The van der Waals surface area contributed by atoms with E-state index in [0.29, 0.717) is 12.2 Å². The van der Waals surface area contributed by atoms with Crippen molar-refractivity contribution < 1.29 is 14.3 Å². The molecule has 0 aliphatic carbocycles. The Morgan fingerprint density at radius 3 is 2.39 bits per heavy atom. The number of ether oxygens (including phenoxy) is 2. The Morgan fingerprint density at radius 1 is 0.927 bits per heavy atom. The molecule has 41 heavy (non-hydrogen) atoms. The lowest BCUT2D eigenvalue weighted by Crippen LogP contribution is -2.34. The second-order valence-corrected chi connectivity index (χ2v) is 12.4. The summed E-state index contributed by atoms with van der Waals surface area (Å²) in [5, 5.41) is 0.936. The number of carbonyl (C=O) groups excluding carboxylic acids is 1. The lowest BCUT2D eigenvalue weighted by Gasteiger charge is -2.24. The number of halogens is 1. The molecule has 6 heteroatoms. The first-order chi connectivity index (χ1) is 20.0. The van der Waals surface area contributed by atoms with Crippen LogP contribution >= 0.6 is 27.3 Å². The van der Waals surface area contributed by atoms with Gasteiger partial charge in [-0.25, -0.2) is 0 Å². The number of carbonyl (C=O) groups is 1. The van der Waals surface area contributed by atoms with Crippen molar-refractivity contribution in [3.63, 3.8) is 0 Å². The minimum atomic E-state index is 0.0165. The van der Waals surface area contributed by atoms with Gasteiger partial charge in [0.1, 0.15) is 24.3 Å². The predicted octanol–water partition coefficient (Wildman–Crippen LogP) is 9.27. The first kappa shape index (κ1) is 27.7. The quantitative estimate of drug-likeness (QED) is 0.153. The Kier molecular flexibility index (Phi) is 8.24. The molecule has 1 fully saturated rings. The lowest BCUT2D eigenvalue weighted by molar-refractivity contribution is 0.0592. The summed E-state index contributed by atoms with van der Waals surface area (Å²) in [7, 11) is 0. The summed E-state index contributed by atoms with van der Waals surface area (Å²) >= 11 is 5.19. The molecule has 0 saturated carbocycles. The van der Waals surface area contributed by atoms with Crippen LogP contribution in [0.3, 0.4) is 0 Å². The molecule has 4 aromatic carbocycles. The van der Waals surface area contributed by atoms with Crippen molar-refractivity contribution in [1.29, 1.82) is 0 Å². The largest absolute Gasteiger partial charge is 0.489 e. The molecular formula is C35H32BrNO3S. The monoisotopic (exact) mass is 625 g/mol. The van der Waals surface area contributed by atoms with Crippen LogP contribution < -0.4 is 9.47 Å². The normalized spacial score (nSPS) is 14.3. The van der Waals surface area contributed by atoms with Gasteiger partial charge in [0, 0.05) is 43.7 Å². The molecule has 1 saturated heterocycles. The Morgan fingerprint density at radius 2 is 1.66 bits per heavy atom. The number of likely N-dealkylation sites (tertiary alicyclic amines) is 1. The van der Waals surface area contributed by atoms with Gasteiger partial charge in [-0.05, 0) is 104 Å². The minimum absolute atomic E-state index is 0.0165. The summed E-state index contributed by atoms with van der Waals surface area (Å²) in [6.07, 6.45) is 2.50. The lowest BCUT2D eigenvalue weighted by atomic mass is 9.96. The number of fused-ring (bicyclic) bond motifs is 1. The van der Waals surface area contributed by atoms with E-state index in [1.807, 2.05) is 73.7 Å². The Bertz CT molecular complexity index is 1670. The Balaban J connectivity index is 1.35. The van der Waals surface area contributed by atoms with Gasteiger partial charge in [-0.2, -0.15) is 0 Å². The van der Waals surface area contributed by atoms with Crippen LogP contribution in [0.5, 0.6) is 11.5 Å². The van der Waals surface area contributed by atoms with Crippen LogP contribution in [0.4, 0.5) is 0 Å². The predicted molar refractivity (Wildman–Crippen MR) is 171 cm³/mol. The van der Waals surface area contributed by atoms with Gasteiger partial charge in [0.2, 0.25) is 0 Å². The zero-order chi connectivity index (χ0) is 28.3. The number of rotatable bonds is 9. The second kappa shape index (κ2) is 12.2. The number of hydrogen-bond donors (Lipinski definition) is 0. The Hall–Kier alpha value is -3.45. The molecule has 1 aliphatic heterocycles. The Labute approximate surface area is 253 Å². The van der Waals surface area contributed by atoms with Crippen molar-refractivity contribution in [2.75, 3.05) is 13.1 Å². The highest BCUT2D eigenvalue weighted by Gasteiger charge is 2.23. The van der Waals surface area contributed by atoms with Crippen molar-refractivity contribution in [3.05, 3.63) is 118 Å². The van der Waals surface area contributed by atoms with Crippen LogP contribution in [-0.4, -0.2) is 30.0 Å². The van der Waals surface area contributed by atoms with Gasteiger partial charge in [-0.1, -0.05) is 46.3 Å². The first-order valence-electron chi connectivity index (χ1n) is 14.0. The van der Waals surface area contributed by atoms with Crippen molar-refractivity contribution in [1.82, 2.24) is 4.90 Å². The van der Waals surface area contributed by atoms with Crippen LogP contribution in [0, 0.1) is 6.92 Å². The number of ketones is 1. The maximum absolute atomic E-state index is 14.1. The van der Waals surface area contributed by atoms with Gasteiger partial charge in [0.05, 0.1) is 0 Å². The van der Waals surface area contributed by atoms with Crippen molar-refractivity contribution in [2.24, 2.45) is 0 Å². The average Bonchev–Trinajstić information content (AvgIpc) is 3.67. The molecular weight excluding hydrogens is 594 g/mol. The van der Waals surface area contributed by atoms with E-state index in [9.17, 15) is 4.79 Å². The van der Waals surface area contributed by atoms with Crippen LogP contribution in [0.2, 0.25) is 0 Å². The summed E-state index contributed by atoms with van der Waals surface area (Å²) < 4.78 is 14.4. The van der Waals surface area contributed by atoms with E-state index in [1.54, 1.807) is 11.3 Å². The van der Waals surface area contributed by atoms with Crippen LogP contribution in [0.1, 0.15) is 46.8 Å². The van der Waals surface area contributed by atoms with E-state index in [-0.39, 0.29) is 12.0 Å². The van der Waals surface area contributed by atoms with Gasteiger partial charge in [0.25, 0.3) is 0 Å². The van der Waals surface area contributed by atoms with Crippen LogP contribution in [-0.2, 0) is 6.61 Å². The summed E-state index contributed by atoms with van der Waals surface area (Å²) in [6.45, 7) is 6.77. The van der Waals surface area contributed by atoms with E-state index in [4.69, 9.17) is 9.47 Å². The molecule has 0 N–H and O–H groups in total. The highest BCUT2D eigenvalue weighted by Crippen LogP contribution is 2.42. The summed E-state index contributed by atoms with van der Waals surface area (Å²) in [5.41, 5.74) is 4.54. The fraction of sp³-hybridized carbons (Fsp3) is 0.229. The summed E-state index contributed by atoms with van der Waals surface area (Å²) in [5.74, 6) is 1.64. The molecule has 0 spiro atoms. The molecule has 5 aromatic rings. The van der Waals surface area contributed by atoms with Gasteiger partial charge in [-0.3, -0.25) is 9.69 Å². The molecule has 1 atom stereocenters. The topological polar surface area (TPSA) is 38.8 Å². The van der Waals surface area contributed by atoms with Gasteiger partial charge >= 0.3 is 0 Å². The summed E-state index contributed by atoms with van der Waals surface area (Å²) in [4.78, 5) is 17.4. The molecule has 208 valence electrons. The molecule has 1 aromatic heterocycles. The average molecular weight is 627 g/mol. The van der Waals surface area contributed by atoms with Crippen LogP contribution in [0.25, 0.3) is 20.5 Å². The molecule has 0 amide bonds. The van der Waals surface area contributed by atoms with E-state index in [2.05, 4.69) is 52.0 Å². The molecule has 1 unspecified atom stereocenters. The molecule has 4 nitrogen and oxygen atoms in total. The highest BCUT2D eigenvalue weighted by molar-refractivity contribution is 9.10. The number of nitrogens with zero attached hydrogens (tertiary/aromatic N) is 1. The molecule has 1 aliphatic rings. The molecule has 6 rings (SSSR count). The SMILES string of the molecule is Cc1cc(C(=O)c2c(-c3ccc(OC(C)N4CCCC4)cc3)sc3cc(OCc4ccccc4)ccc23)ccc1Br. The number of hydrogen-bond acceptors (Lipinski definition) is 5. The van der Waals surface area contributed by atoms with Crippen molar-refractivity contribution in [3.8, 4) is 21.9 Å². The van der Waals surface area contributed by atoms with E-state index >= 15 is 0 Å². The zero-order valence-electron chi connectivity index (χ0n) is 23.2. The van der Waals surface area contributed by atoms with Crippen molar-refractivity contribution in [2.45, 2.75) is 39.5 Å². The van der Waals surface area contributed by atoms with Crippen LogP contribution in [0.15, 0.2) is 95.5 Å². The molecule has 0 radical (unpaired) electrons. The summed E-state index contributed by atoms with van der Waals surface area (Å²) in [6, 6.07) is 30.1. The van der Waals surface area contributed by atoms with Gasteiger partial charge < -0.3 is 9.47 Å². The smallest absolute Gasteiger partial charge is 0.195 e. The van der Waals surface area contributed by atoms with E-state index in [0.717, 1.165) is 66.3 Å². The van der Waals surface area contributed by atoms with Gasteiger partial charge in [0.15, 0.2) is 5.78 Å². The fourth-order valence-electron chi connectivity index (χ4n) is 5.33.